The summed E-state index contributed by atoms with van der Waals surface area (Å²) in [6, 6.07) is 14.7. The molecule has 2 aromatic carbocycles. The van der Waals surface area contributed by atoms with Gasteiger partial charge in [0, 0.05) is 49.4 Å². The number of rotatable bonds is 8. The molecule has 3 aromatic rings. The highest BCUT2D eigenvalue weighted by Crippen LogP contribution is 2.37. The van der Waals surface area contributed by atoms with E-state index < -0.39 is 0 Å². The summed E-state index contributed by atoms with van der Waals surface area (Å²) < 4.78 is 6.23. The van der Waals surface area contributed by atoms with E-state index in [2.05, 4.69) is 51.6 Å². The Balaban J connectivity index is 1.30. The molecule has 6 rings (SSSR count). The van der Waals surface area contributed by atoms with Crippen LogP contribution in [0, 0.1) is 11.3 Å². The van der Waals surface area contributed by atoms with Gasteiger partial charge in [-0.3, -0.25) is 9.69 Å². The fourth-order valence-corrected chi connectivity index (χ4v) is 6.92. The van der Waals surface area contributed by atoms with Crippen molar-refractivity contribution in [2.45, 2.75) is 44.7 Å². The number of ether oxygens (including phenoxy) is 1. The van der Waals surface area contributed by atoms with Crippen molar-refractivity contribution in [2.24, 2.45) is 0 Å². The monoisotopic (exact) mass is 599 g/mol. The topological polar surface area (TPSA) is 88.8 Å². The Morgan fingerprint density at radius 2 is 1.88 bits per heavy atom. The van der Waals surface area contributed by atoms with Crippen molar-refractivity contribution in [3.05, 3.63) is 65.3 Å². The molecule has 10 heteroatoms. The van der Waals surface area contributed by atoms with E-state index in [0.717, 1.165) is 71.2 Å². The lowest BCUT2D eigenvalue weighted by molar-refractivity contribution is -0.128. The molecule has 43 heavy (non-hydrogen) atoms. The minimum atomic E-state index is -0.240. The standard InChI is InChI=1S/C33H38ClN7O2/c1-2-30(42)41-19-18-40(22-25(41)12-14-35)32-26-13-17-39(29-11-7-9-24-8-6-10-27(34)31(24)29)23-28(26)36-33(37-32)43-21-20-38-15-4-3-5-16-38/h2,6-11,25H,1,3-5,12-13,15-23H2/t25-/m0/s1. The second kappa shape index (κ2) is 13.2. The van der Waals surface area contributed by atoms with Crippen LogP contribution in [0.5, 0.6) is 6.01 Å². The Labute approximate surface area is 258 Å². The van der Waals surface area contributed by atoms with Gasteiger partial charge < -0.3 is 19.4 Å². The number of carbonyl (C=O) groups excluding carboxylic acids is 1. The molecule has 0 unspecified atom stereocenters. The fraction of sp³-hybridized carbons (Fsp3) is 0.455. The number of nitrogens with zero attached hydrogens (tertiary/aromatic N) is 7. The van der Waals surface area contributed by atoms with Crippen LogP contribution in [0.3, 0.4) is 0 Å². The number of likely N-dealkylation sites (tertiary alicyclic amines) is 1. The van der Waals surface area contributed by atoms with Gasteiger partial charge in [-0.25, -0.2) is 0 Å². The number of piperazine rings is 1. The quantitative estimate of drug-likeness (QED) is 0.340. The Bertz CT molecular complexity index is 1530. The third kappa shape index (κ3) is 6.27. The lowest BCUT2D eigenvalue weighted by atomic mass is 10.0. The Kier molecular flexibility index (Phi) is 8.96. The van der Waals surface area contributed by atoms with Crippen molar-refractivity contribution >= 4 is 39.8 Å². The summed E-state index contributed by atoms with van der Waals surface area (Å²) in [5, 5.41) is 12.4. The van der Waals surface area contributed by atoms with Gasteiger partial charge in [0.2, 0.25) is 5.91 Å². The zero-order valence-electron chi connectivity index (χ0n) is 24.6. The Morgan fingerprint density at radius 1 is 1.07 bits per heavy atom. The van der Waals surface area contributed by atoms with E-state index in [4.69, 9.17) is 26.3 Å². The maximum absolute atomic E-state index is 12.5. The smallest absolute Gasteiger partial charge is 0.318 e. The first-order chi connectivity index (χ1) is 21.1. The number of halogens is 1. The van der Waals surface area contributed by atoms with Crippen LogP contribution in [-0.2, 0) is 17.8 Å². The highest BCUT2D eigenvalue weighted by molar-refractivity contribution is 6.36. The zero-order valence-corrected chi connectivity index (χ0v) is 25.3. The number of amides is 1. The second-order valence-electron chi connectivity index (χ2n) is 11.5. The summed E-state index contributed by atoms with van der Waals surface area (Å²) in [5.74, 6) is 0.706. The number of benzene rings is 2. The van der Waals surface area contributed by atoms with Crippen molar-refractivity contribution < 1.29 is 9.53 Å². The lowest BCUT2D eigenvalue weighted by Gasteiger charge is -2.42. The van der Waals surface area contributed by atoms with Gasteiger partial charge in [0.05, 0.1) is 35.8 Å². The molecular formula is C33H38ClN7O2. The number of piperidine rings is 1. The van der Waals surface area contributed by atoms with E-state index in [-0.39, 0.29) is 18.4 Å². The third-order valence-electron chi connectivity index (χ3n) is 8.85. The van der Waals surface area contributed by atoms with E-state index in [9.17, 15) is 10.1 Å². The average Bonchev–Trinajstić information content (AvgIpc) is 3.04. The molecule has 2 saturated heterocycles. The fourth-order valence-electron chi connectivity index (χ4n) is 6.64. The van der Waals surface area contributed by atoms with E-state index in [0.29, 0.717) is 38.8 Å². The van der Waals surface area contributed by atoms with Gasteiger partial charge in [0.15, 0.2) is 0 Å². The molecular weight excluding hydrogens is 562 g/mol. The molecule has 0 N–H and O–H groups in total. The maximum atomic E-state index is 12.5. The number of hydrogen-bond acceptors (Lipinski definition) is 8. The molecule has 9 nitrogen and oxygen atoms in total. The molecule has 3 aliphatic rings. The van der Waals surface area contributed by atoms with Crippen LogP contribution in [0.4, 0.5) is 11.5 Å². The van der Waals surface area contributed by atoms with Crippen LogP contribution in [0.1, 0.15) is 36.9 Å². The van der Waals surface area contributed by atoms with Gasteiger partial charge >= 0.3 is 6.01 Å². The maximum Gasteiger partial charge on any atom is 0.318 e. The SMILES string of the molecule is C=CC(=O)N1CCN(c2nc(OCCN3CCCCC3)nc3c2CCN(c2cccc4cccc(Cl)c24)C3)C[C@@H]1CC#N. The van der Waals surface area contributed by atoms with Crippen molar-refractivity contribution in [3.63, 3.8) is 0 Å². The molecule has 0 bridgehead atoms. The van der Waals surface area contributed by atoms with Crippen molar-refractivity contribution in [2.75, 3.05) is 62.2 Å². The summed E-state index contributed by atoms with van der Waals surface area (Å²) in [5.41, 5.74) is 3.13. The Morgan fingerprint density at radius 3 is 2.67 bits per heavy atom. The Hall–Kier alpha value is -3.87. The summed E-state index contributed by atoms with van der Waals surface area (Å²) in [7, 11) is 0. The predicted octanol–water partition coefficient (Wildman–Crippen LogP) is 4.83. The first kappa shape index (κ1) is 29.2. The largest absolute Gasteiger partial charge is 0.462 e. The van der Waals surface area contributed by atoms with E-state index >= 15 is 0 Å². The van der Waals surface area contributed by atoms with Gasteiger partial charge in [-0.2, -0.15) is 15.2 Å². The van der Waals surface area contributed by atoms with E-state index in [1.165, 1.54) is 25.3 Å². The molecule has 0 radical (unpaired) electrons. The second-order valence-corrected chi connectivity index (χ2v) is 11.9. The highest BCUT2D eigenvalue weighted by Gasteiger charge is 2.33. The molecule has 0 saturated carbocycles. The number of nitriles is 1. The first-order valence-electron chi connectivity index (χ1n) is 15.3. The van der Waals surface area contributed by atoms with Crippen LogP contribution in [-0.4, -0.2) is 84.1 Å². The minimum Gasteiger partial charge on any atom is -0.462 e. The molecule has 2 fully saturated rings. The predicted molar refractivity (Wildman–Crippen MR) is 170 cm³/mol. The molecule has 0 spiro atoms. The van der Waals surface area contributed by atoms with Gasteiger partial charge in [-0.1, -0.05) is 48.9 Å². The number of hydrogen-bond donors (Lipinski definition) is 0. The van der Waals surface area contributed by atoms with Crippen LogP contribution in [0.2, 0.25) is 5.02 Å². The minimum absolute atomic E-state index is 0.143. The molecule has 1 atom stereocenters. The summed E-state index contributed by atoms with van der Waals surface area (Å²) >= 11 is 6.70. The third-order valence-corrected chi connectivity index (χ3v) is 9.16. The summed E-state index contributed by atoms with van der Waals surface area (Å²) in [4.78, 5) is 31.2. The number of aromatic nitrogens is 2. The van der Waals surface area contributed by atoms with Crippen molar-refractivity contribution in [3.8, 4) is 12.1 Å². The van der Waals surface area contributed by atoms with Crippen molar-refractivity contribution in [1.29, 1.82) is 5.26 Å². The van der Waals surface area contributed by atoms with E-state index in [1.54, 1.807) is 4.90 Å². The molecule has 1 aromatic heterocycles. The van der Waals surface area contributed by atoms with Crippen LogP contribution >= 0.6 is 11.6 Å². The van der Waals surface area contributed by atoms with Crippen LogP contribution in [0.15, 0.2) is 49.1 Å². The van der Waals surface area contributed by atoms with E-state index in [1.807, 2.05) is 12.1 Å². The molecule has 4 heterocycles. The molecule has 3 aliphatic heterocycles. The number of carbonyl (C=O) groups is 1. The highest BCUT2D eigenvalue weighted by atomic mass is 35.5. The van der Waals surface area contributed by atoms with Gasteiger partial charge in [0.25, 0.3) is 0 Å². The normalized spacial score (nSPS) is 19.2. The van der Waals surface area contributed by atoms with Gasteiger partial charge in [0.1, 0.15) is 12.4 Å². The average molecular weight is 600 g/mol. The number of anilines is 2. The van der Waals surface area contributed by atoms with Crippen molar-refractivity contribution in [1.82, 2.24) is 19.8 Å². The van der Waals surface area contributed by atoms with Gasteiger partial charge in [-0.05, 0) is 55.9 Å². The molecule has 224 valence electrons. The van der Waals surface area contributed by atoms with Gasteiger partial charge in [-0.15, -0.1) is 0 Å². The summed E-state index contributed by atoms with van der Waals surface area (Å²) in [6.45, 7) is 10.3. The van der Waals surface area contributed by atoms with Crippen LogP contribution in [0.25, 0.3) is 10.8 Å². The number of fused-ring (bicyclic) bond motifs is 2. The summed E-state index contributed by atoms with van der Waals surface area (Å²) in [6.07, 6.45) is 6.10. The van der Waals surface area contributed by atoms with Crippen LogP contribution < -0.4 is 14.5 Å². The zero-order chi connectivity index (χ0) is 29.8. The molecule has 1 amide bonds. The first-order valence-corrected chi connectivity index (χ1v) is 15.7. The lowest BCUT2D eigenvalue weighted by Crippen LogP contribution is -2.55. The molecule has 0 aliphatic carbocycles.